The van der Waals surface area contributed by atoms with Gasteiger partial charge in [0.2, 0.25) is 0 Å². The van der Waals surface area contributed by atoms with Crippen molar-refractivity contribution in [3.63, 3.8) is 0 Å². The first-order valence-electron chi connectivity index (χ1n) is 9.38. The first kappa shape index (κ1) is 23.0. The molecule has 0 saturated carbocycles. The number of carbonyl (C=O) groups is 1. The van der Waals surface area contributed by atoms with E-state index in [0.717, 1.165) is 16.3 Å². The van der Waals surface area contributed by atoms with E-state index >= 15 is 0 Å². The number of benzene rings is 2. The number of carbonyl (C=O) groups excluding carboxylic acids is 1. The minimum atomic E-state index is -0.894. The van der Waals surface area contributed by atoms with E-state index in [1.165, 1.54) is 6.92 Å². The Bertz CT molecular complexity index is 958. The average molecular weight is 415 g/mol. The first-order valence-corrected chi connectivity index (χ1v) is 9.76. The fraction of sp³-hybridized carbons (Fsp3) is 0.375. The van der Waals surface area contributed by atoms with Crippen LogP contribution in [-0.4, -0.2) is 23.3 Å². The Morgan fingerprint density at radius 3 is 2.31 bits per heavy atom. The van der Waals surface area contributed by atoms with Gasteiger partial charge < -0.3 is 4.74 Å². The van der Waals surface area contributed by atoms with Crippen LogP contribution in [0.25, 0.3) is 15.8 Å². The van der Waals surface area contributed by atoms with Crippen molar-refractivity contribution < 1.29 is 19.3 Å². The van der Waals surface area contributed by atoms with Crippen molar-refractivity contribution in [2.75, 3.05) is 0 Å². The molecular weight excluding hydrogens is 388 g/mol. The van der Waals surface area contributed by atoms with Crippen molar-refractivity contribution in [1.82, 2.24) is 0 Å². The van der Waals surface area contributed by atoms with Crippen molar-refractivity contribution >= 4 is 33.4 Å². The van der Waals surface area contributed by atoms with E-state index in [9.17, 15) is 4.79 Å². The molecule has 0 aliphatic carbocycles. The maximum absolute atomic E-state index is 11.5. The summed E-state index contributed by atoms with van der Waals surface area (Å²) in [5, 5.41) is 2.64. The highest BCUT2D eigenvalue weighted by Gasteiger charge is 2.22. The van der Waals surface area contributed by atoms with Crippen LogP contribution in [-0.2, 0) is 19.3 Å². The molecule has 5 heteroatoms. The third-order valence-corrected chi connectivity index (χ3v) is 3.98. The molecule has 4 nitrogen and oxygen atoms in total. The molecule has 2 aromatic rings. The molecule has 0 spiro atoms. The fourth-order valence-electron chi connectivity index (χ4n) is 2.35. The Morgan fingerprint density at radius 2 is 1.69 bits per heavy atom. The summed E-state index contributed by atoms with van der Waals surface area (Å²) in [6.07, 6.45) is 0.796. The van der Waals surface area contributed by atoms with E-state index in [2.05, 4.69) is 11.8 Å². The minimum Gasteiger partial charge on any atom is -0.445 e. The van der Waals surface area contributed by atoms with E-state index in [0.29, 0.717) is 5.03 Å². The van der Waals surface area contributed by atoms with Crippen LogP contribution in [0.4, 0.5) is 0 Å². The first-order chi connectivity index (χ1) is 13.5. The van der Waals surface area contributed by atoms with Gasteiger partial charge in [-0.05, 0) is 63.1 Å². The van der Waals surface area contributed by atoms with Gasteiger partial charge in [-0.25, -0.2) is 9.78 Å². The number of hydrogen-bond acceptors (Lipinski definition) is 4. The fourth-order valence-corrected chi connectivity index (χ4v) is 2.58. The second-order valence-electron chi connectivity index (χ2n) is 8.17. The molecule has 2 aromatic carbocycles. The largest absolute Gasteiger partial charge is 0.445 e. The van der Waals surface area contributed by atoms with Crippen molar-refractivity contribution in [2.45, 2.75) is 58.8 Å². The number of esters is 1. The van der Waals surface area contributed by atoms with Crippen LogP contribution < -0.4 is 0 Å². The lowest BCUT2D eigenvalue weighted by atomic mass is 10.1. The summed E-state index contributed by atoms with van der Waals surface area (Å²) in [6.45, 7) is 10.5. The maximum Gasteiger partial charge on any atom is 0.304 e. The predicted octanol–water partition coefficient (Wildman–Crippen LogP) is 5.88. The van der Waals surface area contributed by atoms with Gasteiger partial charge in [-0.3, -0.25) is 4.79 Å². The molecule has 1 unspecified atom stereocenters. The minimum absolute atomic E-state index is 0.445. The van der Waals surface area contributed by atoms with Crippen molar-refractivity contribution in [3.05, 3.63) is 54.1 Å². The second kappa shape index (κ2) is 9.45. The molecular formula is C24H27ClO4. The lowest BCUT2D eigenvalue weighted by Gasteiger charge is -2.24. The molecule has 0 radical (unpaired) electrons. The van der Waals surface area contributed by atoms with Gasteiger partial charge in [0.05, 0.1) is 5.60 Å². The molecule has 0 aliphatic heterocycles. The summed E-state index contributed by atoms with van der Waals surface area (Å²) in [7, 11) is 0. The normalized spacial score (nSPS) is 13.6. The Balaban J connectivity index is 2.26. The molecule has 0 heterocycles. The number of halogens is 1. The molecule has 1 atom stereocenters. The summed E-state index contributed by atoms with van der Waals surface area (Å²) in [4.78, 5) is 22.3. The Hall–Kier alpha value is -2.32. The van der Waals surface area contributed by atoms with Gasteiger partial charge in [0.1, 0.15) is 0 Å². The molecule has 2 rings (SSSR count). The average Bonchev–Trinajstić information content (AvgIpc) is 2.63. The molecule has 0 bridgehead atoms. The van der Waals surface area contributed by atoms with Crippen LogP contribution >= 0.6 is 11.6 Å². The lowest BCUT2D eigenvalue weighted by Crippen LogP contribution is -2.29. The van der Waals surface area contributed by atoms with E-state index in [1.54, 1.807) is 19.9 Å². The molecule has 0 aromatic heterocycles. The van der Waals surface area contributed by atoms with Crippen LogP contribution in [0.2, 0.25) is 0 Å². The van der Waals surface area contributed by atoms with E-state index in [1.807, 2.05) is 63.2 Å². The third-order valence-electron chi connectivity index (χ3n) is 3.63. The molecule has 0 aliphatic rings. The third kappa shape index (κ3) is 7.91. The number of hydrogen-bond donors (Lipinski definition) is 0. The Kier molecular flexibility index (Phi) is 7.48. The van der Waals surface area contributed by atoms with Crippen LogP contribution in [0.1, 0.15) is 47.1 Å². The summed E-state index contributed by atoms with van der Waals surface area (Å²) < 4.78 is 5.30. The molecule has 0 amide bonds. The van der Waals surface area contributed by atoms with Gasteiger partial charge >= 0.3 is 5.97 Å². The zero-order valence-corrected chi connectivity index (χ0v) is 18.5. The monoisotopic (exact) mass is 414 g/mol. The Labute approximate surface area is 177 Å². The van der Waals surface area contributed by atoms with Gasteiger partial charge in [-0.2, -0.15) is 0 Å². The van der Waals surface area contributed by atoms with Gasteiger partial charge in [0, 0.05) is 12.0 Å². The summed E-state index contributed by atoms with van der Waals surface area (Å²) in [5.41, 5.74) is -0.543. The molecule has 154 valence electrons. The summed E-state index contributed by atoms with van der Waals surface area (Å²) in [5.74, 6) is 5.40. The molecule has 0 N–H and O–H groups in total. The topological polar surface area (TPSA) is 44.8 Å². The van der Waals surface area contributed by atoms with Gasteiger partial charge in [0.15, 0.2) is 11.7 Å². The van der Waals surface area contributed by atoms with E-state index < -0.39 is 23.3 Å². The zero-order valence-electron chi connectivity index (χ0n) is 17.7. The van der Waals surface area contributed by atoms with E-state index in [4.69, 9.17) is 26.1 Å². The highest BCUT2D eigenvalue weighted by atomic mass is 35.5. The quantitative estimate of drug-likeness (QED) is 0.265. The summed E-state index contributed by atoms with van der Waals surface area (Å²) in [6, 6.07) is 13.9. The number of ether oxygens (including phenoxy) is 1. The van der Waals surface area contributed by atoms with Crippen molar-refractivity contribution in [3.8, 4) is 11.8 Å². The lowest BCUT2D eigenvalue weighted by molar-refractivity contribution is -0.384. The van der Waals surface area contributed by atoms with Gasteiger partial charge in [0.25, 0.3) is 0 Å². The van der Waals surface area contributed by atoms with Gasteiger partial charge in [-0.15, -0.1) is 0 Å². The smallest absolute Gasteiger partial charge is 0.304 e. The van der Waals surface area contributed by atoms with Crippen LogP contribution in [0.3, 0.4) is 0 Å². The zero-order chi connectivity index (χ0) is 21.7. The number of fused-ring (bicyclic) bond motifs is 1. The van der Waals surface area contributed by atoms with Crippen molar-refractivity contribution in [1.29, 1.82) is 0 Å². The second-order valence-corrected chi connectivity index (χ2v) is 8.57. The standard InChI is InChI=1S/C24H27ClO4/c1-17(26)27-21(13-14-24(5,6)29-28-23(2,3)4)16-22(25)20-12-11-18-9-7-8-10-19(18)15-20/h7-12,15-16,21H,1-6H3. The van der Waals surface area contributed by atoms with Crippen LogP contribution in [0, 0.1) is 11.8 Å². The SMILES string of the molecule is CC(=O)OC(C#CC(C)(C)OOC(C)(C)C)C=C(Cl)c1ccc2ccccc2c1. The van der Waals surface area contributed by atoms with E-state index in [-0.39, 0.29) is 0 Å². The van der Waals surface area contributed by atoms with Gasteiger partial charge in [-0.1, -0.05) is 59.8 Å². The number of rotatable bonds is 5. The Morgan fingerprint density at radius 1 is 1.03 bits per heavy atom. The predicted molar refractivity (Wildman–Crippen MR) is 117 cm³/mol. The molecule has 0 saturated heterocycles. The highest BCUT2D eigenvalue weighted by molar-refractivity contribution is 6.48. The van der Waals surface area contributed by atoms with Crippen LogP contribution in [0.5, 0.6) is 0 Å². The molecule has 0 fully saturated rings. The summed E-state index contributed by atoms with van der Waals surface area (Å²) >= 11 is 6.50. The van der Waals surface area contributed by atoms with Crippen molar-refractivity contribution in [2.24, 2.45) is 0 Å². The maximum atomic E-state index is 11.5. The van der Waals surface area contributed by atoms with Crippen LogP contribution in [0.15, 0.2) is 48.5 Å². The molecule has 29 heavy (non-hydrogen) atoms. The highest BCUT2D eigenvalue weighted by Crippen LogP contribution is 2.25.